The van der Waals surface area contributed by atoms with Gasteiger partial charge >= 0.3 is 18.3 Å². The number of carboxylic acid groups (broad SMARTS) is 1. The van der Waals surface area contributed by atoms with E-state index >= 15 is 0 Å². The summed E-state index contributed by atoms with van der Waals surface area (Å²) in [7, 11) is 0. The third-order valence-corrected chi connectivity index (χ3v) is 10.4. The molecule has 0 bridgehead atoms. The third-order valence-electron chi connectivity index (χ3n) is 8.97. The zero-order chi connectivity index (χ0) is 40.8. The lowest BCUT2D eigenvalue weighted by molar-refractivity contribution is -0.137. The summed E-state index contributed by atoms with van der Waals surface area (Å²) in [6.45, 7) is 6.67. The Labute approximate surface area is 326 Å². The van der Waals surface area contributed by atoms with Crippen LogP contribution in [0.3, 0.4) is 0 Å². The minimum absolute atomic E-state index is 0.0476. The number of Topliss-reactive ketones (excluding diaryl/α,β-unsaturated/α-hetero) is 3. The SMILES string of the molecule is CC1=C(C)C(=O)C(Br)=CC1=O.CC1=C(C)C(=O)C(CCCCCCCCCCC(F)(F)F)=C(Br)C1=O.O=C(O)CCCCCCCCCCC(F)(F)F. The summed E-state index contributed by atoms with van der Waals surface area (Å²) in [5, 5.41) is 8.39. The highest BCUT2D eigenvalue weighted by molar-refractivity contribution is 9.12. The van der Waals surface area contributed by atoms with Crippen LogP contribution in [0.2, 0.25) is 0 Å². The molecule has 6 nitrogen and oxygen atoms in total. The largest absolute Gasteiger partial charge is 0.481 e. The third kappa shape index (κ3) is 23.2. The molecule has 0 aliphatic heterocycles. The Hall–Kier alpha value is -2.35. The van der Waals surface area contributed by atoms with E-state index in [0.29, 0.717) is 62.5 Å². The van der Waals surface area contributed by atoms with Crippen molar-refractivity contribution in [1.82, 2.24) is 0 Å². The van der Waals surface area contributed by atoms with Gasteiger partial charge in [0.25, 0.3) is 0 Å². The number of unbranched alkanes of at least 4 members (excludes halogenated alkanes) is 14. The number of carboxylic acids is 1. The maximum Gasteiger partial charge on any atom is 0.389 e. The molecule has 0 heterocycles. The zero-order valence-corrected chi connectivity index (χ0v) is 34.4. The van der Waals surface area contributed by atoms with Gasteiger partial charge in [-0.25, -0.2) is 0 Å². The lowest BCUT2D eigenvalue weighted by Crippen LogP contribution is -2.19. The van der Waals surface area contributed by atoms with Crippen molar-refractivity contribution >= 4 is 61.0 Å². The Balaban J connectivity index is 0.000000832. The summed E-state index contributed by atoms with van der Waals surface area (Å²) in [5.74, 6) is -1.10. The molecule has 0 radical (unpaired) electrons. The summed E-state index contributed by atoms with van der Waals surface area (Å²) < 4.78 is 72.1. The van der Waals surface area contributed by atoms with E-state index in [2.05, 4.69) is 31.9 Å². The molecule has 0 fully saturated rings. The van der Waals surface area contributed by atoms with Gasteiger partial charge in [-0.05, 0) is 91.7 Å². The molecule has 0 amide bonds. The molecule has 0 saturated heterocycles. The Morgan fingerprint density at radius 1 is 0.547 bits per heavy atom. The highest BCUT2D eigenvalue weighted by atomic mass is 79.9. The van der Waals surface area contributed by atoms with E-state index in [4.69, 9.17) is 5.11 Å². The molecule has 0 spiro atoms. The topological polar surface area (TPSA) is 106 Å². The molecule has 0 aromatic heterocycles. The van der Waals surface area contributed by atoms with E-state index in [9.17, 15) is 50.3 Å². The van der Waals surface area contributed by atoms with E-state index in [1.807, 2.05) is 0 Å². The summed E-state index contributed by atoms with van der Waals surface area (Å²) in [6.07, 6.45) is 5.33. The van der Waals surface area contributed by atoms with Crippen LogP contribution in [0.1, 0.15) is 156 Å². The van der Waals surface area contributed by atoms with Crippen molar-refractivity contribution in [2.24, 2.45) is 0 Å². The van der Waals surface area contributed by atoms with Crippen LogP contribution in [0.15, 0.2) is 42.9 Å². The monoisotopic (exact) mass is 890 g/mol. The van der Waals surface area contributed by atoms with Crippen molar-refractivity contribution in [3.05, 3.63) is 42.9 Å². The maximum atomic E-state index is 12.3. The number of halogens is 8. The highest BCUT2D eigenvalue weighted by Crippen LogP contribution is 2.31. The molecule has 2 aliphatic carbocycles. The maximum absolute atomic E-state index is 12.3. The number of hydrogen-bond acceptors (Lipinski definition) is 5. The van der Waals surface area contributed by atoms with Gasteiger partial charge in [0.2, 0.25) is 0 Å². The summed E-state index contributed by atoms with van der Waals surface area (Å²) in [5.41, 5.74) is 2.68. The van der Waals surface area contributed by atoms with Gasteiger partial charge in [0.05, 0.1) is 8.96 Å². The predicted octanol–water partition coefficient (Wildman–Crippen LogP) is 12.9. The fraction of sp³-hybridized carbons (Fsp3) is 0.667. The van der Waals surface area contributed by atoms with E-state index in [1.54, 1.807) is 27.7 Å². The van der Waals surface area contributed by atoms with Gasteiger partial charge in [-0.2, -0.15) is 26.3 Å². The number of allylic oxidation sites excluding steroid dienone is 8. The zero-order valence-electron chi connectivity index (χ0n) is 31.2. The van der Waals surface area contributed by atoms with Crippen molar-refractivity contribution in [2.75, 3.05) is 0 Å². The molecular formula is C39H54Br2F6O6. The van der Waals surface area contributed by atoms with Crippen LogP contribution >= 0.6 is 31.9 Å². The normalized spacial score (nSPS) is 15.4. The molecule has 1 N–H and O–H groups in total. The molecule has 0 aromatic rings. The second-order valence-corrected chi connectivity index (χ2v) is 15.1. The van der Waals surface area contributed by atoms with Crippen LogP contribution in [0.25, 0.3) is 0 Å². The van der Waals surface area contributed by atoms with Gasteiger partial charge in [-0.15, -0.1) is 0 Å². The summed E-state index contributed by atoms with van der Waals surface area (Å²) in [6, 6.07) is 0. The van der Waals surface area contributed by atoms with Crippen molar-refractivity contribution in [1.29, 1.82) is 0 Å². The van der Waals surface area contributed by atoms with Crippen LogP contribution in [0, 0.1) is 0 Å². The summed E-state index contributed by atoms with van der Waals surface area (Å²) >= 11 is 6.27. The first-order valence-electron chi connectivity index (χ1n) is 18.2. The smallest absolute Gasteiger partial charge is 0.389 e. The summed E-state index contributed by atoms with van der Waals surface area (Å²) in [4.78, 5) is 56.7. The molecule has 2 rings (SSSR count). The number of aliphatic carboxylic acids is 1. The molecular weight excluding hydrogens is 838 g/mol. The highest BCUT2D eigenvalue weighted by Gasteiger charge is 2.29. The standard InChI is InChI=1S/C19H26BrF3O2.C12H21F3O2.C8H7BrO2/c1-13-14(2)18(25)16(20)15(17(13)24)11-9-7-5-3-4-6-8-10-12-19(21,22)23;13-12(14,15)10-8-6-4-2-1-3-5-7-9-11(16)17;1-4-5(2)8(11)6(9)3-7(4)10/h3-12H2,1-2H3;1-10H2,(H,16,17);3H,1-2H3. The fourth-order valence-corrected chi connectivity index (χ4v) is 6.55. The fourth-order valence-electron chi connectivity index (χ4n) is 5.36. The lowest BCUT2D eigenvalue weighted by Gasteiger charge is -2.17. The lowest BCUT2D eigenvalue weighted by atomic mass is 9.88. The molecule has 0 saturated carbocycles. The minimum atomic E-state index is -4.03. The molecule has 53 heavy (non-hydrogen) atoms. The number of rotatable bonds is 20. The number of hydrogen-bond donors (Lipinski definition) is 1. The molecule has 14 heteroatoms. The van der Waals surface area contributed by atoms with Gasteiger partial charge in [0.1, 0.15) is 0 Å². The van der Waals surface area contributed by atoms with E-state index < -0.39 is 31.2 Å². The average molecular weight is 893 g/mol. The first-order valence-corrected chi connectivity index (χ1v) is 19.8. The van der Waals surface area contributed by atoms with Crippen LogP contribution in [-0.2, 0) is 24.0 Å². The van der Waals surface area contributed by atoms with Crippen LogP contribution in [-0.4, -0.2) is 46.6 Å². The number of alkyl halides is 6. The Morgan fingerprint density at radius 2 is 0.906 bits per heavy atom. The Kier molecular flexibility index (Phi) is 25.3. The number of carbonyl (C=O) groups is 5. The molecule has 302 valence electrons. The molecule has 0 atom stereocenters. The van der Waals surface area contributed by atoms with Crippen molar-refractivity contribution < 1.29 is 55.4 Å². The number of ketones is 4. The van der Waals surface area contributed by atoms with E-state index in [1.165, 1.54) is 6.08 Å². The van der Waals surface area contributed by atoms with Crippen LogP contribution < -0.4 is 0 Å². The van der Waals surface area contributed by atoms with E-state index in [0.717, 1.165) is 70.6 Å². The second-order valence-electron chi connectivity index (χ2n) is 13.4. The van der Waals surface area contributed by atoms with Crippen molar-refractivity contribution in [3.63, 3.8) is 0 Å². The van der Waals surface area contributed by atoms with Gasteiger partial charge in [0.15, 0.2) is 23.1 Å². The quantitative estimate of drug-likeness (QED) is 0.0741. The number of carbonyl (C=O) groups excluding carboxylic acids is 4. The molecule has 0 unspecified atom stereocenters. The second kappa shape index (κ2) is 26.5. The minimum Gasteiger partial charge on any atom is -0.481 e. The van der Waals surface area contributed by atoms with Crippen molar-refractivity contribution in [3.8, 4) is 0 Å². The van der Waals surface area contributed by atoms with Crippen molar-refractivity contribution in [2.45, 2.75) is 168 Å². The van der Waals surface area contributed by atoms with Crippen LogP contribution in [0.4, 0.5) is 26.3 Å². The Bertz CT molecular complexity index is 1370. The predicted molar refractivity (Wildman–Crippen MR) is 202 cm³/mol. The Morgan fingerprint density at radius 3 is 1.32 bits per heavy atom. The van der Waals surface area contributed by atoms with Crippen LogP contribution in [0.5, 0.6) is 0 Å². The van der Waals surface area contributed by atoms with Gasteiger partial charge in [-0.1, -0.05) is 77.0 Å². The van der Waals surface area contributed by atoms with Gasteiger partial charge in [-0.3, -0.25) is 24.0 Å². The van der Waals surface area contributed by atoms with E-state index in [-0.39, 0.29) is 42.4 Å². The van der Waals surface area contributed by atoms with Gasteiger partial charge in [0, 0.05) is 53.2 Å². The molecule has 0 aromatic carbocycles. The molecule has 2 aliphatic rings. The average Bonchev–Trinajstić information content (AvgIpc) is 3.07. The first-order chi connectivity index (χ1) is 24.6. The first kappa shape index (κ1) is 50.6. The van der Waals surface area contributed by atoms with Gasteiger partial charge < -0.3 is 5.11 Å².